The van der Waals surface area contributed by atoms with Crippen LogP contribution >= 0.6 is 0 Å². The first kappa shape index (κ1) is 14.1. The molecule has 0 bridgehead atoms. The lowest BCUT2D eigenvalue weighted by Crippen LogP contribution is -2.37. The Morgan fingerprint density at radius 3 is 2.86 bits per heavy atom. The highest BCUT2D eigenvalue weighted by molar-refractivity contribution is 5.95. The molecule has 0 saturated heterocycles. The third-order valence-corrected chi connectivity index (χ3v) is 4.34. The van der Waals surface area contributed by atoms with Gasteiger partial charge in [-0.05, 0) is 43.9 Å². The number of aromatic nitrogens is 2. The van der Waals surface area contributed by atoms with E-state index in [0.29, 0.717) is 11.7 Å². The van der Waals surface area contributed by atoms with E-state index in [2.05, 4.69) is 10.3 Å². The Balaban J connectivity index is 1.92. The summed E-state index contributed by atoms with van der Waals surface area (Å²) < 4.78 is 1.92. The van der Waals surface area contributed by atoms with Crippen molar-refractivity contribution < 1.29 is 4.79 Å². The molecule has 4 heteroatoms. The summed E-state index contributed by atoms with van der Waals surface area (Å²) in [5, 5.41) is 3.20. The van der Waals surface area contributed by atoms with Gasteiger partial charge in [0.05, 0.1) is 5.69 Å². The van der Waals surface area contributed by atoms with Crippen LogP contribution in [0.15, 0.2) is 18.3 Å². The van der Waals surface area contributed by atoms with Crippen molar-refractivity contribution in [1.82, 2.24) is 14.7 Å². The van der Waals surface area contributed by atoms with Crippen LogP contribution in [0.4, 0.5) is 0 Å². The van der Waals surface area contributed by atoms with E-state index < -0.39 is 0 Å². The topological polar surface area (TPSA) is 46.4 Å². The Hall–Kier alpha value is -1.84. The highest BCUT2D eigenvalue weighted by Gasteiger charge is 2.22. The number of imidazole rings is 1. The average Bonchev–Trinajstić information content (AvgIpc) is 2.85. The predicted octanol–water partition coefficient (Wildman–Crippen LogP) is 3.27. The first-order valence-electron chi connectivity index (χ1n) is 7.97. The molecule has 2 aromatic heterocycles. The largest absolute Gasteiger partial charge is 0.348 e. The number of carbonyl (C=O) groups is 1. The number of hydrogen-bond donors (Lipinski definition) is 1. The lowest BCUT2D eigenvalue weighted by Gasteiger charge is -2.22. The monoisotopic (exact) mass is 285 g/mol. The van der Waals surface area contributed by atoms with Crippen molar-refractivity contribution >= 4 is 11.6 Å². The van der Waals surface area contributed by atoms with Crippen molar-refractivity contribution in [2.75, 3.05) is 0 Å². The molecule has 1 aliphatic carbocycles. The van der Waals surface area contributed by atoms with Crippen LogP contribution in [-0.4, -0.2) is 21.3 Å². The molecule has 2 aromatic rings. The summed E-state index contributed by atoms with van der Waals surface area (Å²) in [5.41, 5.74) is 3.61. The lowest BCUT2D eigenvalue weighted by molar-refractivity contribution is 0.0920. The molecule has 112 valence electrons. The zero-order chi connectivity index (χ0) is 14.8. The molecular formula is C17H23N3O. The van der Waals surface area contributed by atoms with Crippen LogP contribution in [0.5, 0.6) is 0 Å². The number of amides is 1. The highest BCUT2D eigenvalue weighted by Crippen LogP contribution is 2.19. The Labute approximate surface area is 125 Å². The van der Waals surface area contributed by atoms with Gasteiger partial charge in [-0.3, -0.25) is 9.20 Å². The summed E-state index contributed by atoms with van der Waals surface area (Å²) in [7, 11) is 0. The number of nitrogens with zero attached hydrogens (tertiary/aromatic N) is 2. The molecule has 2 heterocycles. The van der Waals surface area contributed by atoms with Gasteiger partial charge in [-0.2, -0.15) is 0 Å². The molecule has 3 rings (SSSR count). The van der Waals surface area contributed by atoms with Gasteiger partial charge in [0.1, 0.15) is 11.3 Å². The molecule has 1 N–H and O–H groups in total. The van der Waals surface area contributed by atoms with E-state index in [1.54, 1.807) is 0 Å². The summed E-state index contributed by atoms with van der Waals surface area (Å²) in [6.45, 7) is 4.09. The third-order valence-electron chi connectivity index (χ3n) is 4.34. The molecular weight excluding hydrogens is 262 g/mol. The Morgan fingerprint density at radius 2 is 2.14 bits per heavy atom. The van der Waals surface area contributed by atoms with Crippen molar-refractivity contribution in [3.8, 4) is 0 Å². The predicted molar refractivity (Wildman–Crippen MR) is 83.6 cm³/mol. The van der Waals surface area contributed by atoms with E-state index in [0.717, 1.165) is 36.2 Å². The Kier molecular flexibility index (Phi) is 3.95. The smallest absolute Gasteiger partial charge is 0.270 e. The molecule has 1 amide bonds. The zero-order valence-electron chi connectivity index (χ0n) is 12.9. The molecule has 0 atom stereocenters. The maximum atomic E-state index is 12.7. The Morgan fingerprint density at radius 1 is 1.38 bits per heavy atom. The van der Waals surface area contributed by atoms with E-state index in [-0.39, 0.29) is 5.91 Å². The standard InChI is InChI=1S/C17H23N3O/c1-3-14-16(17(21)18-13-7-5-4-6-8-13)20-10-9-12(2)11-15(20)19-14/h9-11,13H,3-8H2,1-2H3,(H,18,21). The van der Waals surface area contributed by atoms with Crippen molar-refractivity contribution in [3.63, 3.8) is 0 Å². The van der Waals surface area contributed by atoms with Crippen LogP contribution < -0.4 is 5.32 Å². The second kappa shape index (κ2) is 5.88. The van der Waals surface area contributed by atoms with Gasteiger partial charge < -0.3 is 5.32 Å². The fourth-order valence-electron chi connectivity index (χ4n) is 3.18. The minimum absolute atomic E-state index is 0.0232. The summed E-state index contributed by atoms with van der Waals surface area (Å²) in [4.78, 5) is 17.3. The zero-order valence-corrected chi connectivity index (χ0v) is 12.9. The summed E-state index contributed by atoms with van der Waals surface area (Å²) in [6.07, 6.45) is 8.66. The summed E-state index contributed by atoms with van der Waals surface area (Å²) in [5.74, 6) is 0.0232. The highest BCUT2D eigenvalue weighted by atomic mass is 16.2. The molecule has 4 nitrogen and oxygen atoms in total. The number of nitrogens with one attached hydrogen (secondary N) is 1. The van der Waals surface area contributed by atoms with Gasteiger partial charge in [-0.25, -0.2) is 4.98 Å². The SMILES string of the molecule is CCc1nc2cc(C)ccn2c1C(=O)NC1CCCCC1. The van der Waals surface area contributed by atoms with Gasteiger partial charge in [-0.15, -0.1) is 0 Å². The van der Waals surface area contributed by atoms with Crippen molar-refractivity contribution in [2.45, 2.75) is 58.4 Å². The van der Waals surface area contributed by atoms with Gasteiger partial charge >= 0.3 is 0 Å². The van der Waals surface area contributed by atoms with Crippen LogP contribution in [0, 0.1) is 6.92 Å². The van der Waals surface area contributed by atoms with E-state index in [9.17, 15) is 4.79 Å². The van der Waals surface area contributed by atoms with Crippen molar-refractivity contribution in [1.29, 1.82) is 0 Å². The van der Waals surface area contributed by atoms with Gasteiger partial charge in [0.2, 0.25) is 0 Å². The molecule has 1 saturated carbocycles. The molecule has 21 heavy (non-hydrogen) atoms. The maximum absolute atomic E-state index is 12.7. The molecule has 0 radical (unpaired) electrons. The van der Waals surface area contributed by atoms with Gasteiger partial charge in [-0.1, -0.05) is 26.2 Å². The molecule has 0 spiro atoms. The first-order chi connectivity index (χ1) is 10.2. The normalized spacial score (nSPS) is 16.3. The molecule has 1 fully saturated rings. The van der Waals surface area contributed by atoms with Gasteiger partial charge in [0.15, 0.2) is 0 Å². The number of rotatable bonds is 3. The number of pyridine rings is 1. The number of fused-ring (bicyclic) bond motifs is 1. The van der Waals surface area contributed by atoms with E-state index >= 15 is 0 Å². The molecule has 1 aliphatic rings. The summed E-state index contributed by atoms with van der Waals surface area (Å²) in [6, 6.07) is 4.37. The minimum Gasteiger partial charge on any atom is -0.348 e. The fraction of sp³-hybridized carbons (Fsp3) is 0.529. The fourth-order valence-corrected chi connectivity index (χ4v) is 3.18. The van der Waals surface area contributed by atoms with Crippen LogP contribution in [0.25, 0.3) is 5.65 Å². The van der Waals surface area contributed by atoms with E-state index in [1.165, 1.54) is 19.3 Å². The van der Waals surface area contributed by atoms with Crippen LogP contribution in [0.2, 0.25) is 0 Å². The molecule has 0 aliphatic heterocycles. The van der Waals surface area contributed by atoms with E-state index in [4.69, 9.17) is 0 Å². The second-order valence-corrected chi connectivity index (χ2v) is 6.00. The summed E-state index contributed by atoms with van der Waals surface area (Å²) >= 11 is 0. The second-order valence-electron chi connectivity index (χ2n) is 6.00. The minimum atomic E-state index is 0.0232. The Bertz CT molecular complexity index is 653. The third kappa shape index (κ3) is 2.80. The van der Waals surface area contributed by atoms with Crippen LogP contribution in [-0.2, 0) is 6.42 Å². The van der Waals surface area contributed by atoms with Crippen LogP contribution in [0.3, 0.4) is 0 Å². The number of hydrogen-bond acceptors (Lipinski definition) is 2. The molecule has 0 unspecified atom stereocenters. The molecule has 0 aromatic carbocycles. The van der Waals surface area contributed by atoms with Gasteiger partial charge in [0, 0.05) is 12.2 Å². The quantitative estimate of drug-likeness (QED) is 0.940. The number of carbonyl (C=O) groups excluding carboxylic acids is 1. The first-order valence-corrected chi connectivity index (χ1v) is 7.97. The van der Waals surface area contributed by atoms with Crippen molar-refractivity contribution in [2.24, 2.45) is 0 Å². The maximum Gasteiger partial charge on any atom is 0.270 e. The lowest BCUT2D eigenvalue weighted by atomic mass is 9.95. The average molecular weight is 285 g/mol. The van der Waals surface area contributed by atoms with Gasteiger partial charge in [0.25, 0.3) is 5.91 Å². The van der Waals surface area contributed by atoms with Crippen LogP contribution in [0.1, 0.15) is 60.8 Å². The van der Waals surface area contributed by atoms with Crippen molar-refractivity contribution in [3.05, 3.63) is 35.3 Å². The number of aryl methyl sites for hydroxylation is 2. The van der Waals surface area contributed by atoms with E-state index in [1.807, 2.05) is 36.6 Å².